The lowest BCUT2D eigenvalue weighted by Crippen LogP contribution is -2.39. The van der Waals surface area contributed by atoms with Crippen molar-refractivity contribution in [3.8, 4) is 0 Å². The largest absolute Gasteiger partial charge is 0.435 e. The Bertz CT molecular complexity index is 819. The van der Waals surface area contributed by atoms with Crippen molar-refractivity contribution in [2.24, 2.45) is 0 Å². The van der Waals surface area contributed by atoms with Gasteiger partial charge in [0.1, 0.15) is 6.54 Å². The third-order valence-electron chi connectivity index (χ3n) is 3.52. The highest BCUT2D eigenvalue weighted by molar-refractivity contribution is 6.39. The van der Waals surface area contributed by atoms with E-state index in [2.05, 4.69) is 10.4 Å². The lowest BCUT2D eigenvalue weighted by molar-refractivity contribution is -0.142. The number of halogens is 5. The normalized spacial score (nSPS) is 11.3. The summed E-state index contributed by atoms with van der Waals surface area (Å²) in [7, 11) is 0. The van der Waals surface area contributed by atoms with E-state index in [0.717, 1.165) is 16.9 Å². The topological polar surface area (TPSA) is 67.2 Å². The van der Waals surface area contributed by atoms with Crippen LogP contribution >= 0.6 is 23.2 Å². The second-order valence-electron chi connectivity index (χ2n) is 5.45. The molecule has 0 saturated carbocycles. The summed E-state index contributed by atoms with van der Waals surface area (Å²) in [6.07, 6.45) is -3.54. The molecule has 6 nitrogen and oxygen atoms in total. The van der Waals surface area contributed by atoms with Gasteiger partial charge in [-0.1, -0.05) is 29.3 Å². The first-order valence-corrected chi connectivity index (χ1v) is 8.49. The fourth-order valence-corrected chi connectivity index (χ4v) is 2.68. The van der Waals surface area contributed by atoms with E-state index in [1.54, 1.807) is 25.1 Å². The molecule has 11 heteroatoms. The average Bonchev–Trinajstić information content (AvgIpc) is 3.05. The van der Waals surface area contributed by atoms with Crippen LogP contribution in [-0.2, 0) is 22.3 Å². The fraction of sp³-hybridized carbons (Fsp3) is 0.312. The van der Waals surface area contributed by atoms with Gasteiger partial charge in [-0.25, -0.2) is 0 Å². The molecule has 0 spiro atoms. The predicted octanol–water partition coefficient (Wildman–Crippen LogP) is 3.70. The number of carbonyl (C=O) groups is 2. The van der Waals surface area contributed by atoms with Crippen LogP contribution in [0.1, 0.15) is 12.6 Å². The van der Waals surface area contributed by atoms with Crippen LogP contribution in [-0.4, -0.2) is 39.6 Å². The van der Waals surface area contributed by atoms with Crippen LogP contribution in [0.15, 0.2) is 30.5 Å². The van der Waals surface area contributed by atoms with Gasteiger partial charge in [0.25, 0.3) is 0 Å². The lowest BCUT2D eigenvalue weighted by atomic mass is 10.3. The molecule has 0 atom stereocenters. The molecule has 0 saturated heterocycles. The maximum Gasteiger partial charge on any atom is 0.435 e. The van der Waals surface area contributed by atoms with Crippen LogP contribution in [0.5, 0.6) is 0 Å². The van der Waals surface area contributed by atoms with Crippen LogP contribution in [0.25, 0.3) is 0 Å². The van der Waals surface area contributed by atoms with Gasteiger partial charge in [0.15, 0.2) is 5.69 Å². The van der Waals surface area contributed by atoms with Crippen molar-refractivity contribution in [3.05, 3.63) is 46.2 Å². The number of nitrogens with zero attached hydrogens (tertiary/aromatic N) is 3. The van der Waals surface area contributed by atoms with Gasteiger partial charge >= 0.3 is 6.18 Å². The van der Waals surface area contributed by atoms with Gasteiger partial charge in [0, 0.05) is 12.7 Å². The van der Waals surface area contributed by atoms with Crippen molar-refractivity contribution in [1.29, 1.82) is 0 Å². The molecular formula is C16H15Cl2F3N4O2. The number of alkyl halides is 3. The zero-order chi connectivity index (χ0) is 20.2. The molecule has 146 valence electrons. The molecule has 27 heavy (non-hydrogen) atoms. The predicted molar refractivity (Wildman–Crippen MR) is 94.6 cm³/mol. The molecule has 2 rings (SSSR count). The number of likely N-dealkylation sites (N-methyl/N-ethyl adjacent to an activating group) is 1. The van der Waals surface area contributed by atoms with Gasteiger partial charge in [-0.15, -0.1) is 0 Å². The Morgan fingerprint density at radius 3 is 2.37 bits per heavy atom. The number of anilines is 1. The summed E-state index contributed by atoms with van der Waals surface area (Å²) in [6, 6.07) is 5.47. The highest BCUT2D eigenvalue weighted by Crippen LogP contribution is 2.29. The Morgan fingerprint density at radius 2 is 1.85 bits per heavy atom. The molecule has 0 unspecified atom stereocenters. The SMILES string of the molecule is CCN(CC(=O)Nc1c(Cl)cccc1Cl)C(=O)Cn1ccc(C(F)(F)F)n1. The van der Waals surface area contributed by atoms with E-state index < -0.39 is 30.2 Å². The molecule has 2 amide bonds. The highest BCUT2D eigenvalue weighted by atomic mass is 35.5. The molecule has 1 heterocycles. The molecule has 0 aliphatic rings. The standard InChI is InChI=1S/C16H15Cl2F3N4O2/c1-2-24(8-13(26)22-15-10(17)4-3-5-11(15)18)14(27)9-25-7-6-12(23-25)16(19,20)21/h3-7H,2,8-9H2,1H3,(H,22,26). The summed E-state index contributed by atoms with van der Waals surface area (Å²) >= 11 is 11.9. The number of hydrogen-bond acceptors (Lipinski definition) is 3. The summed E-state index contributed by atoms with van der Waals surface area (Å²) in [4.78, 5) is 25.6. The lowest BCUT2D eigenvalue weighted by Gasteiger charge is -2.20. The first-order chi connectivity index (χ1) is 12.6. The van der Waals surface area contributed by atoms with Gasteiger partial charge in [-0.05, 0) is 25.1 Å². The van der Waals surface area contributed by atoms with Gasteiger partial charge in [-0.3, -0.25) is 14.3 Å². The number of amides is 2. The number of para-hydroxylation sites is 1. The van der Waals surface area contributed by atoms with Crippen LogP contribution < -0.4 is 5.32 Å². The quantitative estimate of drug-likeness (QED) is 0.771. The monoisotopic (exact) mass is 422 g/mol. The number of hydrogen-bond donors (Lipinski definition) is 1. The summed E-state index contributed by atoms with van der Waals surface area (Å²) in [6.45, 7) is 1.07. The first kappa shape index (κ1) is 21.0. The summed E-state index contributed by atoms with van der Waals surface area (Å²) in [5.41, 5.74) is -0.874. The highest BCUT2D eigenvalue weighted by Gasteiger charge is 2.33. The summed E-state index contributed by atoms with van der Waals surface area (Å²) in [5.74, 6) is -1.11. The van der Waals surface area contributed by atoms with Crippen molar-refractivity contribution in [2.75, 3.05) is 18.4 Å². The van der Waals surface area contributed by atoms with E-state index in [1.165, 1.54) is 4.90 Å². The first-order valence-electron chi connectivity index (χ1n) is 7.74. The van der Waals surface area contributed by atoms with Crippen LogP contribution in [0.4, 0.5) is 18.9 Å². The molecule has 0 fully saturated rings. The maximum absolute atomic E-state index is 12.6. The molecule has 1 aromatic carbocycles. The van der Waals surface area contributed by atoms with Crippen LogP contribution in [0.3, 0.4) is 0 Å². The Hall–Kier alpha value is -2.26. The molecule has 1 aromatic heterocycles. The molecule has 0 radical (unpaired) electrons. The minimum Gasteiger partial charge on any atom is -0.332 e. The van der Waals surface area contributed by atoms with Crippen molar-refractivity contribution < 1.29 is 22.8 Å². The Labute approximate surface area is 162 Å². The fourth-order valence-electron chi connectivity index (χ4n) is 2.19. The minimum atomic E-state index is -4.59. The minimum absolute atomic E-state index is 0.176. The molecule has 1 N–H and O–H groups in total. The Balaban J connectivity index is 2.00. The van der Waals surface area contributed by atoms with Gasteiger partial charge in [-0.2, -0.15) is 18.3 Å². The van der Waals surface area contributed by atoms with E-state index in [0.29, 0.717) is 0 Å². The molecular weight excluding hydrogens is 408 g/mol. The number of benzene rings is 1. The number of nitrogens with one attached hydrogen (secondary N) is 1. The maximum atomic E-state index is 12.6. The van der Waals surface area contributed by atoms with Crippen LogP contribution in [0, 0.1) is 0 Å². The number of carbonyl (C=O) groups excluding carboxylic acids is 2. The second kappa shape index (κ2) is 8.62. The summed E-state index contributed by atoms with van der Waals surface area (Å²) < 4.78 is 38.6. The average molecular weight is 423 g/mol. The number of aromatic nitrogens is 2. The van der Waals surface area contributed by atoms with Crippen molar-refractivity contribution in [2.45, 2.75) is 19.6 Å². The Kier molecular flexibility index (Phi) is 6.72. The third-order valence-corrected chi connectivity index (χ3v) is 4.15. The third kappa shape index (κ3) is 5.61. The van der Waals surface area contributed by atoms with Crippen LogP contribution in [0.2, 0.25) is 10.0 Å². The van der Waals surface area contributed by atoms with E-state index in [-0.39, 0.29) is 28.8 Å². The number of rotatable bonds is 6. The molecule has 0 bridgehead atoms. The Morgan fingerprint density at radius 1 is 1.22 bits per heavy atom. The van der Waals surface area contributed by atoms with Crippen molar-refractivity contribution in [3.63, 3.8) is 0 Å². The van der Waals surface area contributed by atoms with Crippen molar-refractivity contribution in [1.82, 2.24) is 14.7 Å². The van der Waals surface area contributed by atoms with Gasteiger partial charge < -0.3 is 10.2 Å². The second-order valence-corrected chi connectivity index (χ2v) is 6.26. The van der Waals surface area contributed by atoms with Crippen molar-refractivity contribution >= 4 is 40.7 Å². The zero-order valence-electron chi connectivity index (χ0n) is 14.1. The zero-order valence-corrected chi connectivity index (χ0v) is 15.6. The molecule has 2 aromatic rings. The van der Waals surface area contributed by atoms with E-state index in [1.807, 2.05) is 0 Å². The molecule has 0 aliphatic carbocycles. The van der Waals surface area contributed by atoms with Gasteiger partial charge in [0.05, 0.1) is 22.3 Å². The van der Waals surface area contributed by atoms with E-state index in [9.17, 15) is 22.8 Å². The van der Waals surface area contributed by atoms with E-state index >= 15 is 0 Å². The smallest absolute Gasteiger partial charge is 0.332 e. The summed E-state index contributed by atoms with van der Waals surface area (Å²) in [5, 5.41) is 6.31. The van der Waals surface area contributed by atoms with E-state index in [4.69, 9.17) is 23.2 Å². The molecule has 0 aliphatic heterocycles. The van der Waals surface area contributed by atoms with Gasteiger partial charge in [0.2, 0.25) is 11.8 Å².